The van der Waals surface area contributed by atoms with E-state index in [2.05, 4.69) is 36.0 Å². The van der Waals surface area contributed by atoms with Gasteiger partial charge in [-0.25, -0.2) is 0 Å². The van der Waals surface area contributed by atoms with Crippen molar-refractivity contribution in [2.75, 3.05) is 17.2 Å². The summed E-state index contributed by atoms with van der Waals surface area (Å²) >= 11 is 5.98. The number of rotatable bonds is 5. The van der Waals surface area contributed by atoms with Crippen molar-refractivity contribution in [3.05, 3.63) is 29.3 Å². The highest BCUT2D eigenvalue weighted by atomic mass is 35.5. The highest BCUT2D eigenvalue weighted by molar-refractivity contribution is 6.30. The van der Waals surface area contributed by atoms with Gasteiger partial charge in [-0.15, -0.1) is 5.10 Å². The van der Waals surface area contributed by atoms with Gasteiger partial charge in [0.1, 0.15) is 0 Å². The number of nitrogens with zero attached hydrogens (tertiary/aromatic N) is 4. The second-order valence-corrected chi connectivity index (χ2v) is 5.19. The second kappa shape index (κ2) is 6.12. The van der Waals surface area contributed by atoms with Crippen LogP contribution < -0.4 is 10.6 Å². The lowest BCUT2D eigenvalue weighted by Crippen LogP contribution is -2.17. The number of aliphatic hydroxyl groups excluding tert-OH is 1. The number of halogens is 1. The van der Waals surface area contributed by atoms with Gasteiger partial charge in [0, 0.05) is 17.3 Å². The van der Waals surface area contributed by atoms with Crippen LogP contribution in [0.2, 0.25) is 5.02 Å². The van der Waals surface area contributed by atoms with Crippen molar-refractivity contribution in [2.24, 2.45) is 0 Å². The molecule has 3 rings (SSSR count). The lowest BCUT2D eigenvalue weighted by atomic mass is 10.3. The quantitative estimate of drug-likeness (QED) is 0.568. The summed E-state index contributed by atoms with van der Waals surface area (Å²) in [5.74, 6) is 0.848. The van der Waals surface area contributed by atoms with E-state index < -0.39 is 6.10 Å². The van der Waals surface area contributed by atoms with Gasteiger partial charge in [0.15, 0.2) is 11.3 Å². The average Bonchev–Trinajstić information content (AvgIpc) is 2.94. The molecule has 4 N–H and O–H groups in total. The smallest absolute Gasteiger partial charge is 0.227 e. The summed E-state index contributed by atoms with van der Waals surface area (Å²) in [5.41, 5.74) is 1.71. The predicted octanol–water partition coefficient (Wildman–Crippen LogP) is 1.94. The molecule has 0 aliphatic heterocycles. The molecule has 0 saturated heterocycles. The number of hydrogen-bond donors (Lipinski definition) is 4. The van der Waals surface area contributed by atoms with Crippen molar-refractivity contribution in [1.29, 1.82) is 0 Å². The zero-order valence-electron chi connectivity index (χ0n) is 11.7. The summed E-state index contributed by atoms with van der Waals surface area (Å²) in [4.78, 5) is 8.58. The molecular formula is C13H14ClN7O. The predicted molar refractivity (Wildman–Crippen MR) is 84.4 cm³/mol. The van der Waals surface area contributed by atoms with Gasteiger partial charge in [-0.2, -0.15) is 20.3 Å². The standard InChI is InChI=1S/C13H14ClN7O/c1-7(22)6-15-13-17-11(10-12(18-13)20-21-19-10)16-9-4-2-3-8(14)5-9/h2-5,7,22H,6H2,1H3,(H3,15,16,17,18,19,20,21). The number of benzene rings is 1. The Balaban J connectivity index is 1.94. The van der Waals surface area contributed by atoms with Crippen molar-refractivity contribution in [2.45, 2.75) is 13.0 Å². The molecule has 3 aromatic rings. The van der Waals surface area contributed by atoms with Gasteiger partial charge < -0.3 is 15.7 Å². The number of aromatic amines is 1. The number of anilines is 3. The normalized spacial score (nSPS) is 12.3. The van der Waals surface area contributed by atoms with Crippen LogP contribution in [-0.2, 0) is 0 Å². The van der Waals surface area contributed by atoms with Gasteiger partial charge in [0.2, 0.25) is 11.6 Å². The Bertz CT molecular complexity index is 789. The third kappa shape index (κ3) is 3.23. The van der Waals surface area contributed by atoms with Gasteiger partial charge >= 0.3 is 0 Å². The monoisotopic (exact) mass is 319 g/mol. The lowest BCUT2D eigenvalue weighted by molar-refractivity contribution is 0.208. The van der Waals surface area contributed by atoms with Gasteiger partial charge in [-0.05, 0) is 25.1 Å². The first-order valence-corrected chi connectivity index (χ1v) is 7.02. The minimum atomic E-state index is -0.513. The van der Waals surface area contributed by atoms with Crippen LogP contribution >= 0.6 is 11.6 Å². The molecule has 9 heteroatoms. The van der Waals surface area contributed by atoms with E-state index in [1.54, 1.807) is 19.1 Å². The summed E-state index contributed by atoms with van der Waals surface area (Å²) in [6.45, 7) is 2.01. The molecule has 2 heterocycles. The number of aliphatic hydroxyl groups is 1. The van der Waals surface area contributed by atoms with E-state index in [9.17, 15) is 5.11 Å². The molecule has 0 radical (unpaired) electrons. The van der Waals surface area contributed by atoms with E-state index >= 15 is 0 Å². The summed E-state index contributed by atoms with van der Waals surface area (Å²) in [5, 5.41) is 26.6. The Labute approximate surface area is 130 Å². The SMILES string of the molecule is CC(O)CNc1nc(Nc2cccc(Cl)c2)c2n[nH]nc2n1. The third-order valence-corrected chi connectivity index (χ3v) is 3.06. The Morgan fingerprint density at radius 2 is 2.18 bits per heavy atom. The highest BCUT2D eigenvalue weighted by Crippen LogP contribution is 2.23. The van der Waals surface area contributed by atoms with Crippen LogP contribution in [0.4, 0.5) is 17.5 Å². The fourth-order valence-electron chi connectivity index (χ4n) is 1.85. The highest BCUT2D eigenvalue weighted by Gasteiger charge is 2.12. The number of hydrogen-bond acceptors (Lipinski definition) is 7. The molecule has 1 unspecified atom stereocenters. The van der Waals surface area contributed by atoms with Crippen LogP contribution in [0, 0.1) is 0 Å². The molecule has 0 amide bonds. The van der Waals surface area contributed by atoms with Crippen LogP contribution in [0.3, 0.4) is 0 Å². The molecule has 0 aliphatic carbocycles. The fourth-order valence-corrected chi connectivity index (χ4v) is 2.04. The van der Waals surface area contributed by atoms with Crippen LogP contribution in [0.25, 0.3) is 11.2 Å². The zero-order chi connectivity index (χ0) is 15.5. The average molecular weight is 320 g/mol. The van der Waals surface area contributed by atoms with Crippen LogP contribution in [0.15, 0.2) is 24.3 Å². The van der Waals surface area contributed by atoms with Crippen LogP contribution in [0.1, 0.15) is 6.92 Å². The van der Waals surface area contributed by atoms with E-state index in [-0.39, 0.29) is 0 Å². The van der Waals surface area contributed by atoms with Gasteiger partial charge in [0.05, 0.1) is 6.10 Å². The number of fused-ring (bicyclic) bond motifs is 1. The summed E-state index contributed by atoms with van der Waals surface area (Å²) in [6, 6.07) is 7.26. The van der Waals surface area contributed by atoms with Crippen molar-refractivity contribution in [3.8, 4) is 0 Å². The van der Waals surface area contributed by atoms with Crippen molar-refractivity contribution >= 4 is 40.2 Å². The van der Waals surface area contributed by atoms with Crippen LogP contribution in [-0.4, -0.2) is 43.1 Å². The molecular weight excluding hydrogens is 306 g/mol. The molecule has 1 aromatic carbocycles. The molecule has 1 atom stereocenters. The first kappa shape index (κ1) is 14.5. The maximum Gasteiger partial charge on any atom is 0.227 e. The Morgan fingerprint density at radius 3 is 2.95 bits per heavy atom. The maximum absolute atomic E-state index is 9.34. The fraction of sp³-hybridized carbons (Fsp3) is 0.231. The minimum Gasteiger partial charge on any atom is -0.392 e. The van der Waals surface area contributed by atoms with Crippen molar-refractivity contribution < 1.29 is 5.11 Å². The second-order valence-electron chi connectivity index (χ2n) is 4.76. The Kier molecular flexibility index (Phi) is 4.03. The molecule has 22 heavy (non-hydrogen) atoms. The molecule has 114 valence electrons. The first-order valence-electron chi connectivity index (χ1n) is 6.65. The molecule has 0 bridgehead atoms. The van der Waals surface area contributed by atoms with Crippen molar-refractivity contribution in [1.82, 2.24) is 25.4 Å². The number of H-pyrrole nitrogens is 1. The molecule has 0 saturated carbocycles. The first-order chi connectivity index (χ1) is 10.6. The number of nitrogens with one attached hydrogen (secondary N) is 3. The van der Waals surface area contributed by atoms with E-state index in [4.69, 9.17) is 11.6 Å². The van der Waals surface area contributed by atoms with Gasteiger partial charge in [-0.3, -0.25) is 0 Å². The topological polar surface area (TPSA) is 112 Å². The summed E-state index contributed by atoms with van der Waals surface area (Å²) in [6.07, 6.45) is -0.513. The van der Waals surface area contributed by atoms with E-state index in [0.717, 1.165) is 5.69 Å². The largest absolute Gasteiger partial charge is 0.392 e. The van der Waals surface area contributed by atoms with Crippen LogP contribution in [0.5, 0.6) is 0 Å². The molecule has 2 aromatic heterocycles. The molecule has 8 nitrogen and oxygen atoms in total. The Hall–Kier alpha value is -2.45. The van der Waals surface area contributed by atoms with Gasteiger partial charge in [0.25, 0.3) is 0 Å². The van der Waals surface area contributed by atoms with E-state index in [1.807, 2.05) is 12.1 Å². The maximum atomic E-state index is 9.34. The lowest BCUT2D eigenvalue weighted by Gasteiger charge is -2.10. The Morgan fingerprint density at radius 1 is 1.32 bits per heavy atom. The van der Waals surface area contributed by atoms with Gasteiger partial charge in [-0.1, -0.05) is 17.7 Å². The minimum absolute atomic E-state index is 0.333. The molecule has 0 spiro atoms. The third-order valence-electron chi connectivity index (χ3n) is 2.83. The molecule has 0 fully saturated rings. The summed E-state index contributed by atoms with van der Waals surface area (Å²) < 4.78 is 0. The van der Waals surface area contributed by atoms with E-state index in [1.165, 1.54) is 0 Å². The van der Waals surface area contributed by atoms with Crippen molar-refractivity contribution in [3.63, 3.8) is 0 Å². The zero-order valence-corrected chi connectivity index (χ0v) is 12.5. The van der Waals surface area contributed by atoms with E-state index in [0.29, 0.717) is 34.5 Å². The number of aromatic nitrogens is 5. The molecule has 0 aliphatic rings. The summed E-state index contributed by atoms with van der Waals surface area (Å²) in [7, 11) is 0.